The van der Waals surface area contributed by atoms with Crippen molar-refractivity contribution in [3.63, 3.8) is 0 Å². The van der Waals surface area contributed by atoms with Crippen LogP contribution in [0.1, 0.15) is 32.3 Å². The number of piperidine rings is 1. The average Bonchev–Trinajstić information content (AvgIpc) is 2.45. The summed E-state index contributed by atoms with van der Waals surface area (Å²) in [6.07, 6.45) is 3.98. The highest BCUT2D eigenvalue weighted by molar-refractivity contribution is 5.36. The van der Waals surface area contributed by atoms with E-state index in [1.54, 1.807) is 18.3 Å². The molecule has 0 N–H and O–H groups in total. The van der Waals surface area contributed by atoms with Gasteiger partial charge >= 0.3 is 0 Å². The van der Waals surface area contributed by atoms with E-state index in [-0.39, 0.29) is 0 Å². The highest BCUT2D eigenvalue weighted by atomic mass is 16.5. The van der Waals surface area contributed by atoms with Crippen LogP contribution in [0.3, 0.4) is 0 Å². The first kappa shape index (κ1) is 13.8. The van der Waals surface area contributed by atoms with E-state index in [9.17, 15) is 0 Å². The Labute approximate surface area is 115 Å². The minimum Gasteiger partial charge on any atom is -0.476 e. The molecule has 4 heteroatoms. The van der Waals surface area contributed by atoms with E-state index in [4.69, 9.17) is 10.00 Å². The molecule has 1 aromatic heterocycles. The molecule has 2 heterocycles. The third-order valence-corrected chi connectivity index (χ3v) is 3.73. The molecule has 0 unspecified atom stereocenters. The van der Waals surface area contributed by atoms with E-state index >= 15 is 0 Å². The number of likely N-dealkylation sites (tertiary alicyclic amines) is 1. The Balaban J connectivity index is 1.82. The molecular formula is C15H21N3O. The molecule has 1 aliphatic heterocycles. The quantitative estimate of drug-likeness (QED) is 0.833. The number of hydrogen-bond acceptors (Lipinski definition) is 4. The van der Waals surface area contributed by atoms with Crippen LogP contribution in [-0.4, -0.2) is 35.6 Å². The summed E-state index contributed by atoms with van der Waals surface area (Å²) in [5, 5.41) is 8.97. The third kappa shape index (κ3) is 3.68. The maximum Gasteiger partial charge on any atom is 0.231 e. The lowest BCUT2D eigenvalue weighted by Gasteiger charge is -2.34. The molecule has 0 amide bonds. The number of pyridine rings is 1. The SMILES string of the molecule is CC(C)N1CCC(COc2ncccc2C#N)CC1. The molecule has 1 aliphatic rings. The van der Waals surface area contributed by atoms with Gasteiger partial charge in [-0.05, 0) is 57.8 Å². The first-order chi connectivity index (χ1) is 9.20. The van der Waals surface area contributed by atoms with Gasteiger partial charge in [-0.2, -0.15) is 5.26 Å². The van der Waals surface area contributed by atoms with Gasteiger partial charge in [0.25, 0.3) is 0 Å². The Kier molecular flexibility index (Phi) is 4.75. The second-order valence-electron chi connectivity index (χ2n) is 5.35. The maximum absolute atomic E-state index is 8.97. The molecule has 1 fully saturated rings. The zero-order chi connectivity index (χ0) is 13.7. The van der Waals surface area contributed by atoms with Gasteiger partial charge in [-0.25, -0.2) is 4.98 Å². The first-order valence-electron chi connectivity index (χ1n) is 6.92. The molecule has 19 heavy (non-hydrogen) atoms. The van der Waals surface area contributed by atoms with Crippen molar-refractivity contribution in [3.8, 4) is 11.9 Å². The van der Waals surface area contributed by atoms with E-state index in [0.717, 1.165) is 25.9 Å². The smallest absolute Gasteiger partial charge is 0.231 e. The topological polar surface area (TPSA) is 49.1 Å². The van der Waals surface area contributed by atoms with Crippen molar-refractivity contribution in [2.75, 3.05) is 19.7 Å². The number of nitriles is 1. The summed E-state index contributed by atoms with van der Waals surface area (Å²) in [7, 11) is 0. The van der Waals surface area contributed by atoms with Crippen molar-refractivity contribution >= 4 is 0 Å². The number of nitrogens with zero attached hydrogens (tertiary/aromatic N) is 3. The van der Waals surface area contributed by atoms with Crippen LogP contribution in [0.5, 0.6) is 5.88 Å². The van der Waals surface area contributed by atoms with Gasteiger partial charge in [-0.15, -0.1) is 0 Å². The second-order valence-corrected chi connectivity index (χ2v) is 5.35. The Hall–Kier alpha value is -1.60. The standard InChI is InChI=1S/C15H21N3O/c1-12(2)18-8-5-13(6-9-18)11-19-15-14(10-16)4-3-7-17-15/h3-4,7,12-13H,5-6,8-9,11H2,1-2H3. The molecular weight excluding hydrogens is 238 g/mol. The van der Waals surface area contributed by atoms with E-state index < -0.39 is 0 Å². The Bertz CT molecular complexity index is 445. The lowest BCUT2D eigenvalue weighted by Crippen LogP contribution is -2.39. The van der Waals surface area contributed by atoms with Gasteiger partial charge in [0.15, 0.2) is 0 Å². The first-order valence-corrected chi connectivity index (χ1v) is 6.92. The molecule has 0 saturated carbocycles. The fourth-order valence-electron chi connectivity index (χ4n) is 2.42. The van der Waals surface area contributed by atoms with Crippen molar-refractivity contribution in [1.82, 2.24) is 9.88 Å². The Morgan fingerprint density at radius 2 is 2.21 bits per heavy atom. The Morgan fingerprint density at radius 1 is 1.47 bits per heavy atom. The summed E-state index contributed by atoms with van der Waals surface area (Å²) in [6.45, 7) is 7.42. The number of aromatic nitrogens is 1. The van der Waals surface area contributed by atoms with Crippen LogP contribution in [0.25, 0.3) is 0 Å². The van der Waals surface area contributed by atoms with Crippen LogP contribution in [0, 0.1) is 17.2 Å². The van der Waals surface area contributed by atoms with Crippen LogP contribution in [0.2, 0.25) is 0 Å². The van der Waals surface area contributed by atoms with Crippen molar-refractivity contribution in [1.29, 1.82) is 5.26 Å². The summed E-state index contributed by atoms with van der Waals surface area (Å²) in [4.78, 5) is 6.62. The van der Waals surface area contributed by atoms with Gasteiger partial charge in [-0.1, -0.05) is 0 Å². The Morgan fingerprint density at radius 3 is 2.84 bits per heavy atom. The van der Waals surface area contributed by atoms with Crippen molar-refractivity contribution < 1.29 is 4.74 Å². The number of ether oxygens (including phenoxy) is 1. The summed E-state index contributed by atoms with van der Waals surface area (Å²) in [5.41, 5.74) is 0.516. The molecule has 0 aromatic carbocycles. The van der Waals surface area contributed by atoms with E-state index in [1.807, 2.05) is 0 Å². The predicted octanol–water partition coefficient (Wildman–Crippen LogP) is 2.45. The second kappa shape index (κ2) is 6.53. The summed E-state index contributed by atoms with van der Waals surface area (Å²) < 4.78 is 5.71. The van der Waals surface area contributed by atoms with Gasteiger partial charge in [0, 0.05) is 12.2 Å². The van der Waals surface area contributed by atoms with Crippen molar-refractivity contribution in [2.45, 2.75) is 32.7 Å². The molecule has 102 valence electrons. The number of rotatable bonds is 4. The van der Waals surface area contributed by atoms with E-state index in [1.165, 1.54) is 0 Å². The average molecular weight is 259 g/mol. The number of hydrogen-bond donors (Lipinski definition) is 0. The third-order valence-electron chi connectivity index (χ3n) is 3.73. The summed E-state index contributed by atoms with van der Waals surface area (Å²) in [6, 6.07) is 6.23. The zero-order valence-corrected chi connectivity index (χ0v) is 11.7. The van der Waals surface area contributed by atoms with Gasteiger partial charge in [0.2, 0.25) is 5.88 Å². The molecule has 0 spiro atoms. The van der Waals surface area contributed by atoms with Gasteiger partial charge in [0.1, 0.15) is 11.6 Å². The van der Waals surface area contributed by atoms with Gasteiger partial charge < -0.3 is 9.64 Å². The fraction of sp³-hybridized carbons (Fsp3) is 0.600. The molecule has 1 aromatic rings. The molecule has 2 rings (SSSR count). The highest BCUT2D eigenvalue weighted by Gasteiger charge is 2.21. The van der Waals surface area contributed by atoms with Crippen molar-refractivity contribution in [3.05, 3.63) is 23.9 Å². The van der Waals surface area contributed by atoms with Crippen LogP contribution < -0.4 is 4.74 Å². The lowest BCUT2D eigenvalue weighted by atomic mass is 9.97. The predicted molar refractivity (Wildman–Crippen MR) is 73.9 cm³/mol. The van der Waals surface area contributed by atoms with E-state index in [2.05, 4.69) is 29.8 Å². The maximum atomic E-state index is 8.97. The molecule has 0 aliphatic carbocycles. The fourth-order valence-corrected chi connectivity index (χ4v) is 2.42. The normalized spacial score (nSPS) is 17.4. The lowest BCUT2D eigenvalue weighted by molar-refractivity contribution is 0.117. The molecule has 4 nitrogen and oxygen atoms in total. The summed E-state index contributed by atoms with van der Waals surface area (Å²) in [5.74, 6) is 1.04. The molecule has 1 saturated heterocycles. The molecule has 0 radical (unpaired) electrons. The highest BCUT2D eigenvalue weighted by Crippen LogP contribution is 2.21. The monoisotopic (exact) mass is 259 g/mol. The largest absolute Gasteiger partial charge is 0.476 e. The minimum absolute atomic E-state index is 0.469. The molecule has 0 bridgehead atoms. The van der Waals surface area contributed by atoms with Crippen molar-refractivity contribution in [2.24, 2.45) is 5.92 Å². The molecule has 0 atom stereocenters. The van der Waals surface area contributed by atoms with Crippen LogP contribution in [-0.2, 0) is 0 Å². The minimum atomic E-state index is 0.469. The summed E-state index contributed by atoms with van der Waals surface area (Å²) >= 11 is 0. The van der Waals surface area contributed by atoms with E-state index in [0.29, 0.717) is 30.0 Å². The van der Waals surface area contributed by atoms with Gasteiger partial charge in [0.05, 0.1) is 6.61 Å². The zero-order valence-electron chi connectivity index (χ0n) is 11.7. The van der Waals surface area contributed by atoms with Gasteiger partial charge in [-0.3, -0.25) is 0 Å². The van der Waals surface area contributed by atoms with Crippen LogP contribution >= 0.6 is 0 Å². The van der Waals surface area contributed by atoms with Crippen LogP contribution in [0.4, 0.5) is 0 Å². The van der Waals surface area contributed by atoms with Crippen LogP contribution in [0.15, 0.2) is 18.3 Å².